The van der Waals surface area contributed by atoms with E-state index in [2.05, 4.69) is 20.2 Å². The molecular weight excluding hydrogens is 402 g/mol. The van der Waals surface area contributed by atoms with Gasteiger partial charge in [-0.3, -0.25) is 15.5 Å². The Morgan fingerprint density at radius 1 is 1.29 bits per heavy atom. The van der Waals surface area contributed by atoms with Crippen molar-refractivity contribution in [1.82, 2.24) is 9.55 Å². The molecule has 0 aliphatic rings. The van der Waals surface area contributed by atoms with Crippen LogP contribution in [0.3, 0.4) is 0 Å². The minimum absolute atomic E-state index is 0.0541. The predicted octanol–water partition coefficient (Wildman–Crippen LogP) is 3.82. The number of ether oxygens (including phenoxy) is 1. The van der Waals surface area contributed by atoms with Crippen LogP contribution >= 0.6 is 0 Å². The fourth-order valence-electron chi connectivity index (χ4n) is 3.14. The van der Waals surface area contributed by atoms with Gasteiger partial charge in [-0.25, -0.2) is 9.78 Å². The molecule has 0 radical (unpaired) electrons. The number of furan rings is 1. The number of para-hydroxylation sites is 1. The second-order valence-corrected chi connectivity index (χ2v) is 6.49. The Morgan fingerprint density at radius 2 is 2.13 bits per heavy atom. The molecular formula is C21H17N5O5. The number of pyridine rings is 1. The van der Waals surface area contributed by atoms with E-state index in [1.807, 2.05) is 35.0 Å². The van der Waals surface area contributed by atoms with Crippen molar-refractivity contribution in [2.75, 3.05) is 12.5 Å². The summed E-state index contributed by atoms with van der Waals surface area (Å²) >= 11 is 0. The Morgan fingerprint density at radius 3 is 2.94 bits per heavy atom. The van der Waals surface area contributed by atoms with Crippen LogP contribution in [0.2, 0.25) is 0 Å². The zero-order chi connectivity index (χ0) is 21.8. The average molecular weight is 419 g/mol. The number of nitrogens with one attached hydrogen (secondary N) is 1. The number of fused-ring (bicyclic) bond motifs is 1. The number of hydrogen-bond donors (Lipinski definition) is 1. The van der Waals surface area contributed by atoms with Crippen LogP contribution in [0.25, 0.3) is 10.9 Å². The molecule has 0 saturated heterocycles. The van der Waals surface area contributed by atoms with Crippen molar-refractivity contribution in [3.8, 4) is 0 Å². The molecule has 0 amide bonds. The molecule has 31 heavy (non-hydrogen) atoms. The van der Waals surface area contributed by atoms with Crippen LogP contribution in [-0.4, -0.2) is 33.8 Å². The summed E-state index contributed by atoms with van der Waals surface area (Å²) in [6, 6.07) is 13.8. The van der Waals surface area contributed by atoms with E-state index >= 15 is 0 Å². The van der Waals surface area contributed by atoms with E-state index in [0.29, 0.717) is 12.3 Å². The Labute approximate surface area is 175 Å². The molecule has 1 aromatic carbocycles. The van der Waals surface area contributed by atoms with E-state index in [0.717, 1.165) is 16.5 Å². The zero-order valence-electron chi connectivity index (χ0n) is 16.4. The lowest BCUT2D eigenvalue weighted by Gasteiger charge is -2.02. The molecule has 3 heterocycles. The van der Waals surface area contributed by atoms with Crippen LogP contribution < -0.4 is 5.43 Å². The molecule has 0 atom stereocenters. The molecule has 0 spiro atoms. The Hall–Kier alpha value is -4.47. The van der Waals surface area contributed by atoms with E-state index in [1.54, 1.807) is 18.3 Å². The average Bonchev–Trinajstić information content (AvgIpc) is 3.39. The maximum absolute atomic E-state index is 11.6. The van der Waals surface area contributed by atoms with Gasteiger partial charge in [0.05, 0.1) is 24.8 Å². The molecule has 10 nitrogen and oxygen atoms in total. The zero-order valence-corrected chi connectivity index (χ0v) is 16.4. The van der Waals surface area contributed by atoms with Gasteiger partial charge >= 0.3 is 11.7 Å². The number of nitrogens with zero attached hydrogens (tertiary/aromatic N) is 4. The molecule has 0 fully saturated rings. The maximum Gasteiger partial charge on any atom is 0.373 e. The van der Waals surface area contributed by atoms with Crippen molar-refractivity contribution in [2.45, 2.75) is 6.54 Å². The first kappa shape index (κ1) is 19.8. The van der Waals surface area contributed by atoms with E-state index in [4.69, 9.17) is 4.42 Å². The highest BCUT2D eigenvalue weighted by Gasteiger charge is 2.14. The second-order valence-electron chi connectivity index (χ2n) is 6.49. The first-order valence-electron chi connectivity index (χ1n) is 9.20. The van der Waals surface area contributed by atoms with Crippen molar-refractivity contribution < 1.29 is 18.9 Å². The van der Waals surface area contributed by atoms with E-state index in [-0.39, 0.29) is 17.3 Å². The number of carbonyl (C=O) groups excluding carboxylic acids is 1. The first-order chi connectivity index (χ1) is 15.1. The molecule has 4 rings (SSSR count). The van der Waals surface area contributed by atoms with Gasteiger partial charge in [-0.15, -0.1) is 0 Å². The van der Waals surface area contributed by atoms with E-state index < -0.39 is 10.9 Å². The van der Waals surface area contributed by atoms with Gasteiger partial charge in [-0.2, -0.15) is 5.10 Å². The quantitative estimate of drug-likeness (QED) is 0.209. The topological polar surface area (TPSA) is 125 Å². The van der Waals surface area contributed by atoms with Gasteiger partial charge in [0.1, 0.15) is 5.76 Å². The van der Waals surface area contributed by atoms with Gasteiger partial charge in [0.2, 0.25) is 11.6 Å². The lowest BCUT2D eigenvalue weighted by Crippen LogP contribution is -1.99. The summed E-state index contributed by atoms with van der Waals surface area (Å²) in [5, 5.41) is 16.2. The lowest BCUT2D eigenvalue weighted by atomic mass is 10.2. The predicted molar refractivity (Wildman–Crippen MR) is 113 cm³/mol. The normalized spacial score (nSPS) is 11.1. The Balaban J connectivity index is 1.60. The Bertz CT molecular complexity index is 1290. The largest absolute Gasteiger partial charge is 0.463 e. The molecule has 0 aliphatic carbocycles. The highest BCUT2D eigenvalue weighted by molar-refractivity contribution is 5.99. The lowest BCUT2D eigenvalue weighted by molar-refractivity contribution is -0.384. The molecule has 0 bridgehead atoms. The summed E-state index contributed by atoms with van der Waals surface area (Å²) in [7, 11) is 1.29. The molecule has 0 aliphatic heterocycles. The summed E-state index contributed by atoms with van der Waals surface area (Å²) in [5.74, 6) is 0.244. The van der Waals surface area contributed by atoms with Crippen molar-refractivity contribution in [3.05, 3.63) is 88.1 Å². The minimum Gasteiger partial charge on any atom is -0.463 e. The van der Waals surface area contributed by atoms with E-state index in [1.165, 1.54) is 25.4 Å². The van der Waals surface area contributed by atoms with Crippen LogP contribution in [0.5, 0.6) is 0 Å². The van der Waals surface area contributed by atoms with Crippen molar-refractivity contribution in [3.63, 3.8) is 0 Å². The number of methoxy groups -OCH3 is 1. The summed E-state index contributed by atoms with van der Waals surface area (Å²) < 4.78 is 12.2. The third kappa shape index (κ3) is 4.13. The van der Waals surface area contributed by atoms with Gasteiger partial charge in [-0.1, -0.05) is 18.2 Å². The van der Waals surface area contributed by atoms with Gasteiger partial charge < -0.3 is 13.7 Å². The van der Waals surface area contributed by atoms with Crippen LogP contribution in [0.4, 0.5) is 11.5 Å². The molecule has 0 unspecified atom stereocenters. The number of rotatable bonds is 7. The van der Waals surface area contributed by atoms with Crippen molar-refractivity contribution in [2.24, 2.45) is 5.10 Å². The number of hydrazone groups is 1. The number of nitro groups is 1. The minimum atomic E-state index is -0.536. The van der Waals surface area contributed by atoms with Crippen molar-refractivity contribution in [1.29, 1.82) is 0 Å². The number of anilines is 1. The molecule has 156 valence electrons. The molecule has 0 saturated carbocycles. The second kappa shape index (κ2) is 8.49. The molecule has 1 N–H and O–H groups in total. The van der Waals surface area contributed by atoms with Crippen LogP contribution in [0, 0.1) is 10.1 Å². The van der Waals surface area contributed by atoms with E-state index in [9.17, 15) is 14.9 Å². The summed E-state index contributed by atoms with van der Waals surface area (Å²) in [6.45, 7) is 0.393. The highest BCUT2D eigenvalue weighted by Crippen LogP contribution is 2.23. The molecule has 4 aromatic rings. The summed E-state index contributed by atoms with van der Waals surface area (Å²) in [6.07, 6.45) is 4.89. The molecule has 3 aromatic heterocycles. The maximum atomic E-state index is 11.6. The third-order valence-electron chi connectivity index (χ3n) is 4.55. The summed E-state index contributed by atoms with van der Waals surface area (Å²) in [4.78, 5) is 26.1. The third-order valence-corrected chi connectivity index (χ3v) is 4.55. The first-order valence-corrected chi connectivity index (χ1v) is 9.20. The SMILES string of the molecule is COC(=O)c1ccc(Cn2cc(/C=N\Nc3ncccc3[N+](=O)[O-])c3ccccc32)o1. The Kier molecular flexibility index (Phi) is 5.43. The number of aromatic nitrogens is 2. The number of carbonyl (C=O) groups is 1. The standard InChI is InChI=1S/C21H17N5O5/c1-30-21(27)19-9-8-15(31-19)13-25-12-14(16-5-2-3-6-17(16)25)11-23-24-20-18(26(28)29)7-4-10-22-20/h2-12H,13H2,1H3,(H,22,24)/b23-11-. The van der Waals surface area contributed by atoms with Gasteiger partial charge in [0.25, 0.3) is 0 Å². The van der Waals surface area contributed by atoms with Gasteiger partial charge in [0.15, 0.2) is 0 Å². The van der Waals surface area contributed by atoms with Gasteiger partial charge in [0, 0.05) is 34.9 Å². The van der Waals surface area contributed by atoms with Gasteiger partial charge in [-0.05, 0) is 24.3 Å². The smallest absolute Gasteiger partial charge is 0.373 e. The highest BCUT2D eigenvalue weighted by atomic mass is 16.6. The molecule has 10 heteroatoms. The number of benzene rings is 1. The van der Waals surface area contributed by atoms with Crippen molar-refractivity contribution >= 4 is 34.6 Å². The fraction of sp³-hybridized carbons (Fsp3) is 0.0952. The summed E-state index contributed by atoms with van der Waals surface area (Å²) in [5.41, 5.74) is 4.19. The monoisotopic (exact) mass is 419 g/mol. The van der Waals surface area contributed by atoms with Crippen LogP contribution in [0.1, 0.15) is 21.9 Å². The fourth-order valence-corrected chi connectivity index (χ4v) is 3.14. The van der Waals surface area contributed by atoms with Crippen LogP contribution in [0.15, 0.2) is 70.4 Å². The number of hydrogen-bond acceptors (Lipinski definition) is 8. The van der Waals surface area contributed by atoms with Crippen LogP contribution in [-0.2, 0) is 11.3 Å². The number of esters is 1.